The van der Waals surface area contributed by atoms with Gasteiger partial charge in [-0.3, -0.25) is 10.1 Å². The number of nitro groups is 1. The summed E-state index contributed by atoms with van der Waals surface area (Å²) in [6, 6.07) is 2.27. The van der Waals surface area contributed by atoms with E-state index in [0.717, 1.165) is 6.07 Å². The number of hydrogen-bond donors (Lipinski definition) is 1. The van der Waals surface area contributed by atoms with Gasteiger partial charge in [-0.15, -0.1) is 0 Å². The lowest BCUT2D eigenvalue weighted by atomic mass is 10.3. The van der Waals surface area contributed by atoms with Gasteiger partial charge in [-0.05, 0) is 15.9 Å². The van der Waals surface area contributed by atoms with E-state index in [1.807, 2.05) is 0 Å². The highest BCUT2D eigenvalue weighted by molar-refractivity contribution is 9.10. The molecule has 0 bridgehead atoms. The van der Waals surface area contributed by atoms with Crippen molar-refractivity contribution >= 4 is 33.2 Å². The largest absolute Gasteiger partial charge is 0.505 e. The second-order valence-electron chi connectivity index (χ2n) is 2.02. The Morgan fingerprint density at radius 1 is 1.58 bits per heavy atom. The van der Waals surface area contributed by atoms with Gasteiger partial charge in [-0.1, -0.05) is 11.6 Å². The third-order valence-electron chi connectivity index (χ3n) is 1.21. The van der Waals surface area contributed by atoms with Gasteiger partial charge in [0.1, 0.15) is 5.75 Å². The van der Waals surface area contributed by atoms with Crippen LogP contribution in [0.5, 0.6) is 5.75 Å². The first kappa shape index (κ1) is 9.28. The predicted molar refractivity (Wildman–Crippen MR) is 47.5 cm³/mol. The predicted octanol–water partition coefficient (Wildman–Crippen LogP) is 2.72. The summed E-state index contributed by atoms with van der Waals surface area (Å²) >= 11 is 8.41. The summed E-state index contributed by atoms with van der Waals surface area (Å²) < 4.78 is 0.210. The summed E-state index contributed by atoms with van der Waals surface area (Å²) in [6.45, 7) is 0. The average molecular weight is 252 g/mol. The van der Waals surface area contributed by atoms with Crippen molar-refractivity contribution < 1.29 is 10.0 Å². The third-order valence-corrected chi connectivity index (χ3v) is 2.11. The fraction of sp³-hybridized carbons (Fsp3) is 0. The van der Waals surface area contributed by atoms with E-state index in [-0.39, 0.29) is 20.9 Å². The zero-order valence-electron chi connectivity index (χ0n) is 5.62. The molecule has 0 atom stereocenters. The van der Waals surface area contributed by atoms with E-state index in [1.54, 1.807) is 0 Å². The molecule has 6 heteroatoms. The maximum absolute atomic E-state index is 10.3. The number of hydrogen-bond acceptors (Lipinski definition) is 3. The standard InChI is InChI=1S/C6H3BrClNO3/c7-4-1-3(9(11)12)2-5(8)6(4)10/h1-2,10H. The molecule has 64 valence electrons. The molecule has 0 saturated heterocycles. The highest BCUT2D eigenvalue weighted by Crippen LogP contribution is 2.35. The van der Waals surface area contributed by atoms with Gasteiger partial charge in [-0.2, -0.15) is 0 Å². The molecular formula is C6H3BrClNO3. The molecule has 12 heavy (non-hydrogen) atoms. The Kier molecular flexibility index (Phi) is 2.54. The Morgan fingerprint density at radius 3 is 2.58 bits per heavy atom. The molecule has 0 heterocycles. The number of phenols is 1. The minimum atomic E-state index is -0.587. The van der Waals surface area contributed by atoms with Gasteiger partial charge in [0.15, 0.2) is 0 Å². The van der Waals surface area contributed by atoms with Gasteiger partial charge in [-0.25, -0.2) is 0 Å². The molecule has 0 saturated carbocycles. The summed E-state index contributed by atoms with van der Waals surface area (Å²) in [5.74, 6) is -0.192. The Balaban J connectivity index is 3.31. The van der Waals surface area contributed by atoms with E-state index < -0.39 is 4.92 Å². The number of phenolic OH excluding ortho intramolecular Hbond substituents is 1. The molecule has 1 aromatic carbocycles. The summed E-state index contributed by atoms with van der Waals surface area (Å²) in [5.41, 5.74) is -0.162. The van der Waals surface area contributed by atoms with Gasteiger partial charge in [0.25, 0.3) is 5.69 Å². The Hall–Kier alpha value is -0.810. The maximum Gasteiger partial charge on any atom is 0.272 e. The second kappa shape index (κ2) is 3.28. The molecule has 0 radical (unpaired) electrons. The Morgan fingerprint density at radius 2 is 2.17 bits per heavy atom. The molecule has 0 aliphatic heterocycles. The number of halogens is 2. The first-order valence-electron chi connectivity index (χ1n) is 2.85. The molecule has 1 aromatic rings. The smallest absolute Gasteiger partial charge is 0.272 e. The molecule has 0 spiro atoms. The summed E-state index contributed by atoms with van der Waals surface area (Å²) in [7, 11) is 0. The van der Waals surface area contributed by atoms with Crippen molar-refractivity contribution in [3.63, 3.8) is 0 Å². The fourth-order valence-corrected chi connectivity index (χ4v) is 1.43. The highest BCUT2D eigenvalue weighted by atomic mass is 79.9. The van der Waals surface area contributed by atoms with Crippen molar-refractivity contribution in [1.29, 1.82) is 0 Å². The van der Waals surface area contributed by atoms with E-state index >= 15 is 0 Å². The topological polar surface area (TPSA) is 63.4 Å². The van der Waals surface area contributed by atoms with Crippen LogP contribution in [-0.4, -0.2) is 10.0 Å². The lowest BCUT2D eigenvalue weighted by molar-refractivity contribution is -0.384. The Bertz CT molecular complexity index is 319. The summed E-state index contributed by atoms with van der Waals surface area (Å²) in [4.78, 5) is 9.67. The van der Waals surface area contributed by atoms with E-state index in [2.05, 4.69) is 15.9 Å². The van der Waals surface area contributed by atoms with Crippen LogP contribution < -0.4 is 0 Å². The van der Waals surface area contributed by atoms with Crippen molar-refractivity contribution in [2.45, 2.75) is 0 Å². The lowest BCUT2D eigenvalue weighted by Gasteiger charge is -1.98. The maximum atomic E-state index is 10.3. The number of benzene rings is 1. The van der Waals surface area contributed by atoms with E-state index in [4.69, 9.17) is 16.7 Å². The van der Waals surface area contributed by atoms with Crippen LogP contribution in [0.3, 0.4) is 0 Å². The summed E-state index contributed by atoms with van der Waals surface area (Å²) in [6.07, 6.45) is 0. The van der Waals surface area contributed by atoms with Gasteiger partial charge in [0.05, 0.1) is 14.4 Å². The van der Waals surface area contributed by atoms with Crippen molar-refractivity contribution in [2.75, 3.05) is 0 Å². The van der Waals surface area contributed by atoms with Crippen LogP contribution >= 0.6 is 27.5 Å². The van der Waals surface area contributed by atoms with Gasteiger partial charge >= 0.3 is 0 Å². The Labute approximate surface area is 81.0 Å². The lowest BCUT2D eigenvalue weighted by Crippen LogP contribution is -1.87. The number of non-ortho nitro benzene ring substituents is 1. The van der Waals surface area contributed by atoms with E-state index in [9.17, 15) is 10.1 Å². The van der Waals surface area contributed by atoms with Crippen LogP contribution in [0.15, 0.2) is 16.6 Å². The molecule has 0 aromatic heterocycles. The van der Waals surface area contributed by atoms with E-state index in [0.29, 0.717) is 0 Å². The molecule has 0 unspecified atom stereocenters. The fourth-order valence-electron chi connectivity index (χ4n) is 0.658. The van der Waals surface area contributed by atoms with Gasteiger partial charge < -0.3 is 5.11 Å². The van der Waals surface area contributed by atoms with Crippen molar-refractivity contribution in [3.8, 4) is 5.75 Å². The number of rotatable bonds is 1. The van der Waals surface area contributed by atoms with Gasteiger partial charge in [0.2, 0.25) is 0 Å². The molecule has 0 aliphatic rings. The zero-order valence-corrected chi connectivity index (χ0v) is 7.96. The molecule has 4 nitrogen and oxygen atoms in total. The van der Waals surface area contributed by atoms with Crippen LogP contribution in [-0.2, 0) is 0 Å². The first-order valence-corrected chi connectivity index (χ1v) is 4.02. The van der Waals surface area contributed by atoms with Crippen LogP contribution in [0.4, 0.5) is 5.69 Å². The second-order valence-corrected chi connectivity index (χ2v) is 3.28. The van der Waals surface area contributed by atoms with Crippen molar-refractivity contribution in [1.82, 2.24) is 0 Å². The third kappa shape index (κ3) is 1.67. The zero-order chi connectivity index (χ0) is 9.30. The number of nitro benzene ring substituents is 1. The van der Waals surface area contributed by atoms with Crippen LogP contribution in [0.2, 0.25) is 5.02 Å². The molecule has 0 amide bonds. The van der Waals surface area contributed by atoms with E-state index in [1.165, 1.54) is 6.07 Å². The van der Waals surface area contributed by atoms with Crippen LogP contribution in [0.25, 0.3) is 0 Å². The van der Waals surface area contributed by atoms with Gasteiger partial charge in [0, 0.05) is 12.1 Å². The summed E-state index contributed by atoms with van der Waals surface area (Å²) in [5, 5.41) is 19.3. The van der Waals surface area contributed by atoms with Crippen molar-refractivity contribution in [2.24, 2.45) is 0 Å². The minimum Gasteiger partial charge on any atom is -0.505 e. The highest BCUT2D eigenvalue weighted by Gasteiger charge is 2.12. The molecule has 0 aliphatic carbocycles. The number of nitrogens with zero attached hydrogens (tertiary/aromatic N) is 1. The molecular weight excluding hydrogens is 249 g/mol. The number of aromatic hydroxyl groups is 1. The normalized spacial score (nSPS) is 9.83. The molecule has 0 fully saturated rings. The molecule has 1 N–H and O–H groups in total. The van der Waals surface area contributed by atoms with Crippen LogP contribution in [0, 0.1) is 10.1 Å². The molecule has 1 rings (SSSR count). The quantitative estimate of drug-likeness (QED) is 0.617. The monoisotopic (exact) mass is 251 g/mol. The van der Waals surface area contributed by atoms with Crippen molar-refractivity contribution in [3.05, 3.63) is 31.7 Å². The first-order chi connectivity index (χ1) is 5.52. The van der Waals surface area contributed by atoms with Crippen LogP contribution in [0.1, 0.15) is 0 Å². The average Bonchev–Trinajstić information content (AvgIpc) is 1.99. The minimum absolute atomic E-state index is 0.0453. The SMILES string of the molecule is O=[N+]([O-])c1cc(Cl)c(O)c(Br)c1.